The van der Waals surface area contributed by atoms with Gasteiger partial charge in [0, 0.05) is 31.4 Å². The Balaban J connectivity index is 1.59. The summed E-state index contributed by atoms with van der Waals surface area (Å²) in [5.41, 5.74) is 0. The Bertz CT molecular complexity index is 330. The van der Waals surface area contributed by atoms with Crippen molar-refractivity contribution in [2.75, 3.05) is 19.6 Å². The highest BCUT2D eigenvalue weighted by Gasteiger charge is 2.19. The van der Waals surface area contributed by atoms with Crippen molar-refractivity contribution in [3.8, 4) is 0 Å². The van der Waals surface area contributed by atoms with Gasteiger partial charge < -0.3 is 15.2 Å². The molecule has 1 aromatic heterocycles. The molecule has 1 amide bonds. The number of piperidine rings is 1. The first-order valence-corrected chi connectivity index (χ1v) is 6.30. The van der Waals surface area contributed by atoms with Gasteiger partial charge in [-0.1, -0.05) is 0 Å². The van der Waals surface area contributed by atoms with Crippen LogP contribution in [0.5, 0.6) is 0 Å². The van der Waals surface area contributed by atoms with E-state index < -0.39 is 0 Å². The summed E-state index contributed by atoms with van der Waals surface area (Å²) in [7, 11) is 0. The van der Waals surface area contributed by atoms with Crippen LogP contribution in [0, 0.1) is 5.92 Å². The SMILES string of the molecule is O=C(NCCCn1ccnc1)C1CCNCC1. The smallest absolute Gasteiger partial charge is 0.223 e. The summed E-state index contributed by atoms with van der Waals surface area (Å²) in [6, 6.07) is 0. The quantitative estimate of drug-likeness (QED) is 0.727. The van der Waals surface area contributed by atoms with Gasteiger partial charge in [-0.3, -0.25) is 4.79 Å². The summed E-state index contributed by atoms with van der Waals surface area (Å²) in [4.78, 5) is 15.8. The van der Waals surface area contributed by atoms with E-state index >= 15 is 0 Å². The van der Waals surface area contributed by atoms with E-state index in [4.69, 9.17) is 0 Å². The van der Waals surface area contributed by atoms with E-state index in [9.17, 15) is 4.79 Å². The Hall–Kier alpha value is -1.36. The largest absolute Gasteiger partial charge is 0.356 e. The zero-order valence-electron chi connectivity index (χ0n) is 10.1. The molecule has 1 aromatic rings. The number of imidazole rings is 1. The molecular weight excluding hydrogens is 216 g/mol. The maximum Gasteiger partial charge on any atom is 0.223 e. The molecule has 17 heavy (non-hydrogen) atoms. The van der Waals surface area contributed by atoms with Crippen molar-refractivity contribution in [3.05, 3.63) is 18.7 Å². The van der Waals surface area contributed by atoms with Crippen LogP contribution in [0.15, 0.2) is 18.7 Å². The summed E-state index contributed by atoms with van der Waals surface area (Å²) in [5.74, 6) is 0.432. The zero-order valence-corrected chi connectivity index (χ0v) is 10.1. The van der Waals surface area contributed by atoms with E-state index in [0.717, 1.165) is 45.4 Å². The number of amides is 1. The number of nitrogens with one attached hydrogen (secondary N) is 2. The summed E-state index contributed by atoms with van der Waals surface area (Å²) in [5, 5.41) is 6.28. The van der Waals surface area contributed by atoms with Gasteiger partial charge in [-0.15, -0.1) is 0 Å². The first-order chi connectivity index (χ1) is 8.36. The van der Waals surface area contributed by atoms with Crippen LogP contribution in [-0.4, -0.2) is 35.1 Å². The van der Waals surface area contributed by atoms with Gasteiger partial charge in [-0.05, 0) is 32.4 Å². The number of hydrogen-bond acceptors (Lipinski definition) is 3. The van der Waals surface area contributed by atoms with Crippen LogP contribution >= 0.6 is 0 Å². The van der Waals surface area contributed by atoms with E-state index in [1.165, 1.54) is 0 Å². The van der Waals surface area contributed by atoms with Crippen molar-refractivity contribution < 1.29 is 4.79 Å². The van der Waals surface area contributed by atoms with Crippen LogP contribution < -0.4 is 10.6 Å². The minimum atomic E-state index is 0.212. The van der Waals surface area contributed by atoms with Crippen LogP contribution in [0.1, 0.15) is 19.3 Å². The maximum atomic E-state index is 11.8. The minimum Gasteiger partial charge on any atom is -0.356 e. The van der Waals surface area contributed by atoms with Crippen LogP contribution in [0.2, 0.25) is 0 Å². The highest BCUT2D eigenvalue weighted by molar-refractivity contribution is 5.78. The molecule has 0 spiro atoms. The molecule has 0 atom stereocenters. The van der Waals surface area contributed by atoms with Gasteiger partial charge in [0.25, 0.3) is 0 Å². The molecule has 1 aliphatic rings. The number of carbonyl (C=O) groups is 1. The Morgan fingerprint density at radius 3 is 3.00 bits per heavy atom. The second-order valence-corrected chi connectivity index (χ2v) is 4.47. The Morgan fingerprint density at radius 2 is 2.29 bits per heavy atom. The molecular formula is C12H20N4O. The third-order valence-electron chi connectivity index (χ3n) is 3.16. The Morgan fingerprint density at radius 1 is 1.47 bits per heavy atom. The molecule has 5 nitrogen and oxygen atoms in total. The molecule has 2 rings (SSSR count). The van der Waals surface area contributed by atoms with Crippen molar-refractivity contribution in [3.63, 3.8) is 0 Å². The average molecular weight is 236 g/mol. The summed E-state index contributed by atoms with van der Waals surface area (Å²) >= 11 is 0. The van der Waals surface area contributed by atoms with Crippen LogP contribution in [0.25, 0.3) is 0 Å². The lowest BCUT2D eigenvalue weighted by molar-refractivity contribution is -0.125. The summed E-state index contributed by atoms with van der Waals surface area (Å²) in [6.07, 6.45) is 8.39. The lowest BCUT2D eigenvalue weighted by Crippen LogP contribution is -2.38. The van der Waals surface area contributed by atoms with Gasteiger partial charge in [0.15, 0.2) is 0 Å². The summed E-state index contributed by atoms with van der Waals surface area (Å²) < 4.78 is 2.02. The van der Waals surface area contributed by atoms with Gasteiger partial charge >= 0.3 is 0 Å². The number of aromatic nitrogens is 2. The van der Waals surface area contributed by atoms with E-state index in [-0.39, 0.29) is 11.8 Å². The molecule has 94 valence electrons. The first-order valence-electron chi connectivity index (χ1n) is 6.30. The molecule has 0 aromatic carbocycles. The number of aryl methyl sites for hydroxylation is 1. The predicted octanol–water partition coefficient (Wildman–Crippen LogP) is 0.389. The standard InChI is InChI=1S/C12H20N4O/c17-12(11-2-5-13-6-3-11)15-4-1-8-16-9-7-14-10-16/h7,9-11,13H,1-6,8H2,(H,15,17). The van der Waals surface area contributed by atoms with Gasteiger partial charge in [-0.2, -0.15) is 0 Å². The lowest BCUT2D eigenvalue weighted by Gasteiger charge is -2.21. The molecule has 0 saturated carbocycles. The number of carbonyl (C=O) groups excluding carboxylic acids is 1. The van der Waals surface area contributed by atoms with Crippen LogP contribution in [0.4, 0.5) is 0 Å². The molecule has 2 N–H and O–H groups in total. The van der Waals surface area contributed by atoms with Gasteiger partial charge in [0.1, 0.15) is 0 Å². The molecule has 0 aliphatic carbocycles. The number of hydrogen-bond donors (Lipinski definition) is 2. The van der Waals surface area contributed by atoms with Crippen molar-refractivity contribution in [1.29, 1.82) is 0 Å². The monoisotopic (exact) mass is 236 g/mol. The van der Waals surface area contributed by atoms with Crippen molar-refractivity contribution in [1.82, 2.24) is 20.2 Å². The Labute approximate surface area is 102 Å². The molecule has 1 aliphatic heterocycles. The van der Waals surface area contributed by atoms with E-state index in [1.54, 1.807) is 12.5 Å². The molecule has 0 radical (unpaired) electrons. The maximum absolute atomic E-state index is 11.8. The highest BCUT2D eigenvalue weighted by Crippen LogP contribution is 2.11. The highest BCUT2D eigenvalue weighted by atomic mass is 16.1. The van der Waals surface area contributed by atoms with Crippen molar-refractivity contribution >= 4 is 5.91 Å². The van der Waals surface area contributed by atoms with Gasteiger partial charge in [0.05, 0.1) is 6.33 Å². The molecule has 0 unspecified atom stereocenters. The molecule has 2 heterocycles. The minimum absolute atomic E-state index is 0.212. The average Bonchev–Trinajstić information content (AvgIpc) is 2.88. The van der Waals surface area contributed by atoms with Gasteiger partial charge in [-0.25, -0.2) is 4.98 Å². The fourth-order valence-electron chi connectivity index (χ4n) is 2.12. The van der Waals surface area contributed by atoms with Crippen LogP contribution in [-0.2, 0) is 11.3 Å². The molecule has 1 saturated heterocycles. The number of rotatable bonds is 5. The molecule has 1 fully saturated rings. The second kappa shape index (κ2) is 6.39. The fraction of sp³-hybridized carbons (Fsp3) is 0.667. The van der Waals surface area contributed by atoms with Gasteiger partial charge in [0.2, 0.25) is 5.91 Å². The first kappa shape index (κ1) is 12.1. The fourth-order valence-corrected chi connectivity index (χ4v) is 2.12. The normalized spacial score (nSPS) is 16.9. The van der Waals surface area contributed by atoms with E-state index in [1.807, 2.05) is 10.8 Å². The third-order valence-corrected chi connectivity index (χ3v) is 3.16. The predicted molar refractivity (Wildman–Crippen MR) is 65.4 cm³/mol. The topological polar surface area (TPSA) is 59.0 Å². The Kier molecular flexibility index (Phi) is 4.55. The van der Waals surface area contributed by atoms with Crippen molar-refractivity contribution in [2.24, 2.45) is 5.92 Å². The number of nitrogens with zero attached hydrogens (tertiary/aromatic N) is 2. The zero-order chi connectivity index (χ0) is 11.9. The second-order valence-electron chi connectivity index (χ2n) is 4.47. The lowest BCUT2D eigenvalue weighted by atomic mass is 9.97. The van der Waals surface area contributed by atoms with E-state index in [0.29, 0.717) is 0 Å². The molecule has 5 heteroatoms. The van der Waals surface area contributed by atoms with Crippen LogP contribution in [0.3, 0.4) is 0 Å². The summed E-state index contributed by atoms with van der Waals surface area (Å²) in [6.45, 7) is 3.59. The third kappa shape index (κ3) is 3.85. The van der Waals surface area contributed by atoms with E-state index in [2.05, 4.69) is 15.6 Å². The molecule has 0 bridgehead atoms. The van der Waals surface area contributed by atoms with Crippen molar-refractivity contribution in [2.45, 2.75) is 25.8 Å².